The zero-order chi connectivity index (χ0) is 27.3. The SMILES string of the molecule is CS(=O)(=O)NCc1ccc(-c2ccc(S(=O)(=O)n3ccc(/C=C/C(=O)Nc4ccccc4N)c3)cc2)cc1. The van der Waals surface area contributed by atoms with Crippen LogP contribution in [0.3, 0.4) is 0 Å². The van der Waals surface area contributed by atoms with Crippen molar-refractivity contribution in [2.24, 2.45) is 0 Å². The van der Waals surface area contributed by atoms with Gasteiger partial charge in [-0.25, -0.2) is 25.5 Å². The van der Waals surface area contributed by atoms with Crippen LogP contribution in [0.2, 0.25) is 0 Å². The van der Waals surface area contributed by atoms with E-state index in [1.165, 1.54) is 36.7 Å². The molecule has 38 heavy (non-hydrogen) atoms. The fourth-order valence-corrected chi connectivity index (χ4v) is 5.20. The number of nitrogens with two attached hydrogens (primary N) is 1. The van der Waals surface area contributed by atoms with E-state index in [9.17, 15) is 21.6 Å². The summed E-state index contributed by atoms with van der Waals surface area (Å²) in [5.41, 5.74) is 9.77. The van der Waals surface area contributed by atoms with Crippen LogP contribution in [0.15, 0.2) is 102 Å². The van der Waals surface area contributed by atoms with Crippen molar-refractivity contribution in [1.82, 2.24) is 8.69 Å². The number of aromatic nitrogens is 1. The molecule has 0 spiro atoms. The molecule has 3 aromatic carbocycles. The maximum atomic E-state index is 13.1. The van der Waals surface area contributed by atoms with Gasteiger partial charge in [-0.1, -0.05) is 48.5 Å². The molecule has 4 aromatic rings. The third-order valence-electron chi connectivity index (χ3n) is 5.59. The van der Waals surface area contributed by atoms with E-state index in [2.05, 4.69) is 10.0 Å². The first-order valence-electron chi connectivity index (χ1n) is 11.4. The second-order valence-corrected chi connectivity index (χ2v) is 12.2. The Morgan fingerprint density at radius 2 is 1.53 bits per heavy atom. The molecule has 4 rings (SSSR count). The topological polar surface area (TPSA) is 140 Å². The number of benzene rings is 3. The molecule has 0 aliphatic rings. The van der Waals surface area contributed by atoms with E-state index in [-0.39, 0.29) is 11.4 Å². The average Bonchev–Trinajstić information content (AvgIpc) is 3.38. The van der Waals surface area contributed by atoms with Gasteiger partial charge >= 0.3 is 0 Å². The summed E-state index contributed by atoms with van der Waals surface area (Å²) in [4.78, 5) is 12.3. The summed E-state index contributed by atoms with van der Waals surface area (Å²) in [5, 5.41) is 2.67. The van der Waals surface area contributed by atoms with E-state index >= 15 is 0 Å². The molecule has 9 nitrogen and oxygen atoms in total. The van der Waals surface area contributed by atoms with Gasteiger partial charge in [0.15, 0.2) is 0 Å². The highest BCUT2D eigenvalue weighted by Crippen LogP contribution is 2.24. The van der Waals surface area contributed by atoms with E-state index in [1.54, 1.807) is 42.5 Å². The molecule has 0 atom stereocenters. The second-order valence-electron chi connectivity index (χ2n) is 8.50. The summed E-state index contributed by atoms with van der Waals surface area (Å²) >= 11 is 0. The minimum Gasteiger partial charge on any atom is -0.397 e. The fraction of sp³-hybridized carbons (Fsp3) is 0.0741. The van der Waals surface area contributed by atoms with Crippen molar-refractivity contribution in [3.05, 3.63) is 108 Å². The maximum Gasteiger partial charge on any atom is 0.267 e. The van der Waals surface area contributed by atoms with Gasteiger partial charge < -0.3 is 11.1 Å². The van der Waals surface area contributed by atoms with Crippen LogP contribution in [0.4, 0.5) is 11.4 Å². The molecular formula is C27H26N4O5S2. The number of hydrogen-bond donors (Lipinski definition) is 3. The normalized spacial score (nSPS) is 12.0. The van der Waals surface area contributed by atoms with E-state index in [0.717, 1.165) is 26.9 Å². The number of hydrogen-bond acceptors (Lipinski definition) is 6. The first-order valence-corrected chi connectivity index (χ1v) is 14.8. The summed E-state index contributed by atoms with van der Waals surface area (Å²) < 4.78 is 52.2. The van der Waals surface area contributed by atoms with Gasteiger partial charge in [-0.3, -0.25) is 4.79 Å². The Labute approximate surface area is 221 Å². The van der Waals surface area contributed by atoms with E-state index in [4.69, 9.17) is 5.73 Å². The highest BCUT2D eigenvalue weighted by molar-refractivity contribution is 7.90. The fourth-order valence-electron chi connectivity index (χ4n) is 3.57. The average molecular weight is 551 g/mol. The number of para-hydroxylation sites is 2. The first-order chi connectivity index (χ1) is 18.0. The van der Waals surface area contributed by atoms with Crippen LogP contribution in [0, 0.1) is 0 Å². The Hall–Kier alpha value is -4.19. The van der Waals surface area contributed by atoms with Gasteiger partial charge in [0.2, 0.25) is 15.9 Å². The lowest BCUT2D eigenvalue weighted by molar-refractivity contribution is -0.111. The summed E-state index contributed by atoms with van der Waals surface area (Å²) in [7, 11) is -7.12. The maximum absolute atomic E-state index is 13.1. The van der Waals surface area contributed by atoms with E-state index in [1.807, 2.05) is 24.3 Å². The molecule has 0 aliphatic heterocycles. The Kier molecular flexibility index (Phi) is 7.81. The first kappa shape index (κ1) is 26.9. The van der Waals surface area contributed by atoms with Gasteiger partial charge in [-0.15, -0.1) is 0 Å². The number of amides is 1. The Bertz CT molecular complexity index is 1690. The molecule has 0 radical (unpaired) electrons. The quantitative estimate of drug-likeness (QED) is 0.215. The Morgan fingerprint density at radius 1 is 0.895 bits per heavy atom. The van der Waals surface area contributed by atoms with Crippen molar-refractivity contribution in [2.45, 2.75) is 11.4 Å². The predicted octanol–water partition coefficient (Wildman–Crippen LogP) is 3.68. The van der Waals surface area contributed by atoms with Crippen LogP contribution >= 0.6 is 0 Å². The lowest BCUT2D eigenvalue weighted by Gasteiger charge is -2.08. The van der Waals surface area contributed by atoms with Gasteiger partial charge in [0.05, 0.1) is 22.5 Å². The van der Waals surface area contributed by atoms with Gasteiger partial charge in [0, 0.05) is 25.0 Å². The Balaban J connectivity index is 1.43. The molecule has 11 heteroatoms. The van der Waals surface area contributed by atoms with E-state index < -0.39 is 26.0 Å². The molecule has 0 unspecified atom stereocenters. The number of carbonyl (C=O) groups is 1. The zero-order valence-electron chi connectivity index (χ0n) is 20.4. The van der Waals surface area contributed by atoms with Crippen molar-refractivity contribution in [3.63, 3.8) is 0 Å². The highest BCUT2D eigenvalue weighted by atomic mass is 32.2. The monoisotopic (exact) mass is 550 g/mol. The van der Waals surface area contributed by atoms with Crippen molar-refractivity contribution in [3.8, 4) is 11.1 Å². The van der Waals surface area contributed by atoms with Gasteiger partial charge in [0.25, 0.3) is 10.0 Å². The number of nitrogens with one attached hydrogen (secondary N) is 2. The molecule has 196 valence electrons. The standard InChI is InChI=1S/C27H26N4O5S2/c1-37(33,34)29-18-20-6-9-22(10-7-20)23-11-13-24(14-12-23)38(35,36)31-17-16-21(19-31)8-15-27(32)30-26-5-3-2-4-25(26)28/h2-17,19,29H,18,28H2,1H3,(H,30,32)/b15-8+. The summed E-state index contributed by atoms with van der Waals surface area (Å²) in [6.45, 7) is 0.191. The molecule has 0 saturated heterocycles. The van der Waals surface area contributed by atoms with Gasteiger partial charge in [-0.05, 0) is 58.7 Å². The third-order valence-corrected chi connectivity index (χ3v) is 7.91. The highest BCUT2D eigenvalue weighted by Gasteiger charge is 2.16. The van der Waals surface area contributed by atoms with Crippen molar-refractivity contribution in [1.29, 1.82) is 0 Å². The number of sulfonamides is 1. The third kappa shape index (κ3) is 6.76. The number of nitrogens with zero attached hydrogens (tertiary/aromatic N) is 1. The number of nitrogen functional groups attached to an aromatic ring is 1. The van der Waals surface area contributed by atoms with Gasteiger partial charge in [-0.2, -0.15) is 0 Å². The number of anilines is 2. The number of rotatable bonds is 9. The predicted molar refractivity (Wildman–Crippen MR) is 149 cm³/mol. The summed E-state index contributed by atoms with van der Waals surface area (Å²) in [6.07, 6.45) is 6.76. The molecule has 0 fully saturated rings. The van der Waals surface area contributed by atoms with Crippen LogP contribution < -0.4 is 15.8 Å². The van der Waals surface area contributed by atoms with Gasteiger partial charge in [0.1, 0.15) is 0 Å². The number of carbonyl (C=O) groups excluding carboxylic acids is 1. The zero-order valence-corrected chi connectivity index (χ0v) is 22.0. The molecule has 0 saturated carbocycles. The molecule has 4 N–H and O–H groups in total. The van der Waals surface area contributed by atoms with Crippen LogP contribution in [-0.2, 0) is 31.4 Å². The molecule has 1 amide bonds. The van der Waals surface area contributed by atoms with E-state index in [0.29, 0.717) is 16.9 Å². The minimum absolute atomic E-state index is 0.110. The van der Waals surface area contributed by atoms with Crippen molar-refractivity contribution in [2.75, 3.05) is 17.3 Å². The summed E-state index contributed by atoms with van der Waals surface area (Å²) in [5.74, 6) is -0.395. The Morgan fingerprint density at radius 3 is 2.16 bits per heavy atom. The molecule has 0 aliphatic carbocycles. The largest absolute Gasteiger partial charge is 0.397 e. The van der Waals surface area contributed by atoms with Crippen LogP contribution in [0.1, 0.15) is 11.1 Å². The lowest BCUT2D eigenvalue weighted by Crippen LogP contribution is -2.21. The van der Waals surface area contributed by atoms with Crippen molar-refractivity contribution < 1.29 is 21.6 Å². The molecular weight excluding hydrogens is 524 g/mol. The molecule has 1 heterocycles. The van der Waals surface area contributed by atoms with Crippen LogP contribution in [0.25, 0.3) is 17.2 Å². The van der Waals surface area contributed by atoms with Crippen LogP contribution in [0.5, 0.6) is 0 Å². The lowest BCUT2D eigenvalue weighted by atomic mass is 10.0. The molecule has 0 bridgehead atoms. The van der Waals surface area contributed by atoms with Crippen molar-refractivity contribution >= 4 is 43.4 Å². The minimum atomic E-state index is -3.84. The summed E-state index contributed by atoms with van der Waals surface area (Å²) in [6, 6.07) is 22.2. The molecule has 1 aromatic heterocycles. The van der Waals surface area contributed by atoms with Crippen LogP contribution in [-0.4, -0.2) is 33.0 Å². The second kappa shape index (κ2) is 11.1. The smallest absolute Gasteiger partial charge is 0.267 e.